The molecule has 1 spiro atoms. The highest BCUT2D eigenvalue weighted by molar-refractivity contribution is 5.76. The number of carbonyl (C=O) groups is 3. The van der Waals surface area contributed by atoms with Crippen molar-refractivity contribution in [2.24, 2.45) is 17.3 Å². The fraction of sp³-hybridized carbons (Fsp3) is 0.735. The summed E-state index contributed by atoms with van der Waals surface area (Å²) >= 11 is 0. The zero-order chi connectivity index (χ0) is 33.9. The molecular formula is C34H60FN3O6. The van der Waals surface area contributed by atoms with Crippen LogP contribution in [-0.2, 0) is 30.3 Å². The fourth-order valence-corrected chi connectivity index (χ4v) is 5.85. The molecule has 10 heteroatoms. The van der Waals surface area contributed by atoms with Crippen LogP contribution < -0.4 is 10.6 Å². The standard InChI is InChI=1S/C12H23NO.C10H10FNO3.C10H21NO2.C2H6/c1-9(2)11(14-4)10-7-12(5-6-12)8-13(10)3;11-8-4-2-1-3-7(8)5-9(10(14)15)12-6-13;1-5-8(2)10(11-3)9(13-4)6-7-12;1-2/h9-11H,5-8H2,1-4H3;1-4,6,9H,5H2,(H,12,13)(H,14,15);7-11H,5-6H2,1-4H3;1-2H3. The number of benzene rings is 1. The highest BCUT2D eigenvalue weighted by Gasteiger charge is 2.52. The van der Waals surface area contributed by atoms with E-state index in [0.29, 0.717) is 42.2 Å². The van der Waals surface area contributed by atoms with Crippen molar-refractivity contribution in [2.45, 2.75) is 110 Å². The number of carboxylic acid groups (broad SMARTS) is 1. The third-order valence-electron chi connectivity index (χ3n) is 8.63. The molecule has 0 bridgehead atoms. The molecule has 0 radical (unpaired) electrons. The number of aldehydes is 1. The van der Waals surface area contributed by atoms with E-state index >= 15 is 0 Å². The van der Waals surface area contributed by atoms with Gasteiger partial charge in [-0.25, -0.2) is 9.18 Å². The summed E-state index contributed by atoms with van der Waals surface area (Å²) in [4.78, 5) is 33.7. The molecular weight excluding hydrogens is 565 g/mol. The van der Waals surface area contributed by atoms with E-state index in [2.05, 4.69) is 50.3 Å². The van der Waals surface area contributed by atoms with Crippen LogP contribution in [0, 0.1) is 23.1 Å². The number of aliphatic carboxylic acids is 1. The predicted molar refractivity (Wildman–Crippen MR) is 174 cm³/mol. The number of methoxy groups -OCH3 is 2. The van der Waals surface area contributed by atoms with E-state index < -0.39 is 17.8 Å². The Morgan fingerprint density at radius 3 is 2.16 bits per heavy atom. The van der Waals surface area contributed by atoms with Crippen LogP contribution >= 0.6 is 0 Å². The normalized spacial score (nSPS) is 19.9. The van der Waals surface area contributed by atoms with Gasteiger partial charge in [-0.2, -0.15) is 0 Å². The van der Waals surface area contributed by atoms with Crippen molar-refractivity contribution in [1.29, 1.82) is 0 Å². The molecule has 3 rings (SSSR count). The maximum absolute atomic E-state index is 13.1. The van der Waals surface area contributed by atoms with Crippen LogP contribution in [0.1, 0.15) is 79.2 Å². The smallest absolute Gasteiger partial charge is 0.326 e. The number of carbonyl (C=O) groups excluding carboxylic acids is 2. The van der Waals surface area contributed by atoms with Crippen molar-refractivity contribution in [3.05, 3.63) is 35.6 Å². The van der Waals surface area contributed by atoms with Gasteiger partial charge in [0.2, 0.25) is 6.41 Å². The minimum Gasteiger partial charge on any atom is -0.480 e. The van der Waals surface area contributed by atoms with Crippen LogP contribution in [0.15, 0.2) is 24.3 Å². The average molecular weight is 626 g/mol. The first kappa shape index (κ1) is 41.6. The maximum atomic E-state index is 13.1. The summed E-state index contributed by atoms with van der Waals surface area (Å²) in [6.07, 6.45) is 7.36. The summed E-state index contributed by atoms with van der Waals surface area (Å²) in [5.41, 5.74) is 0.963. The topological polar surface area (TPSA) is 117 Å². The van der Waals surface area contributed by atoms with Crippen molar-refractivity contribution in [3.63, 3.8) is 0 Å². The van der Waals surface area contributed by atoms with Gasteiger partial charge in [-0.1, -0.05) is 66.2 Å². The predicted octanol–water partition coefficient (Wildman–Crippen LogP) is 4.96. The van der Waals surface area contributed by atoms with Crippen LogP contribution in [-0.4, -0.2) is 93.9 Å². The fourth-order valence-electron chi connectivity index (χ4n) is 5.85. The number of nitrogens with one attached hydrogen (secondary N) is 2. The zero-order valence-corrected chi connectivity index (χ0v) is 28.8. The second-order valence-corrected chi connectivity index (χ2v) is 12.0. The lowest BCUT2D eigenvalue weighted by molar-refractivity contribution is -0.140. The number of likely N-dealkylation sites (tertiary alicyclic amines) is 1. The second kappa shape index (κ2) is 22.2. The summed E-state index contributed by atoms with van der Waals surface area (Å²) in [6, 6.07) is 5.68. The number of carboxylic acids is 1. The van der Waals surface area contributed by atoms with E-state index in [4.69, 9.17) is 14.6 Å². The van der Waals surface area contributed by atoms with Crippen molar-refractivity contribution >= 4 is 18.7 Å². The summed E-state index contributed by atoms with van der Waals surface area (Å²) in [5.74, 6) is -0.516. The molecule has 1 aromatic carbocycles. The monoisotopic (exact) mass is 625 g/mol. The van der Waals surface area contributed by atoms with Crippen LogP contribution in [0.25, 0.3) is 0 Å². The Balaban J connectivity index is 0.000000614. The minimum atomic E-state index is -1.19. The van der Waals surface area contributed by atoms with E-state index in [9.17, 15) is 18.8 Å². The molecule has 44 heavy (non-hydrogen) atoms. The van der Waals surface area contributed by atoms with E-state index in [0.717, 1.165) is 12.7 Å². The van der Waals surface area contributed by atoms with Gasteiger partial charge in [-0.05, 0) is 62.2 Å². The van der Waals surface area contributed by atoms with E-state index in [1.165, 1.54) is 44.0 Å². The minimum absolute atomic E-state index is 0.00236. The Labute approximate surface area is 265 Å². The Bertz CT molecular complexity index is 945. The van der Waals surface area contributed by atoms with Gasteiger partial charge in [-0.15, -0.1) is 0 Å². The molecule has 2 aliphatic rings. The van der Waals surface area contributed by atoms with E-state index in [1.54, 1.807) is 13.2 Å². The van der Waals surface area contributed by atoms with Gasteiger partial charge in [0.05, 0.1) is 12.2 Å². The molecule has 1 aliphatic heterocycles. The van der Waals surface area contributed by atoms with Crippen LogP contribution in [0.2, 0.25) is 0 Å². The molecule has 0 aromatic heterocycles. The van der Waals surface area contributed by atoms with Gasteiger partial charge in [-0.3, -0.25) is 4.79 Å². The molecule has 3 N–H and O–H groups in total. The van der Waals surface area contributed by atoms with Crippen molar-refractivity contribution in [2.75, 3.05) is 34.9 Å². The maximum Gasteiger partial charge on any atom is 0.326 e. The van der Waals surface area contributed by atoms with Crippen molar-refractivity contribution < 1.29 is 33.4 Å². The van der Waals surface area contributed by atoms with Gasteiger partial charge >= 0.3 is 5.97 Å². The molecule has 1 aliphatic carbocycles. The lowest BCUT2D eigenvalue weighted by Gasteiger charge is -2.30. The number of nitrogens with zero attached hydrogens (tertiary/aromatic N) is 1. The number of likely N-dealkylation sites (N-methyl/N-ethyl adjacent to an activating group) is 2. The van der Waals surface area contributed by atoms with Gasteiger partial charge in [0, 0.05) is 45.7 Å². The molecule has 1 aromatic rings. The highest BCUT2D eigenvalue weighted by atomic mass is 19.1. The molecule has 1 amide bonds. The molecule has 1 heterocycles. The number of hydrogen-bond donors (Lipinski definition) is 3. The van der Waals surface area contributed by atoms with Crippen LogP contribution in [0.3, 0.4) is 0 Å². The quantitative estimate of drug-likeness (QED) is 0.234. The first-order valence-corrected chi connectivity index (χ1v) is 16.0. The molecule has 1 saturated carbocycles. The summed E-state index contributed by atoms with van der Waals surface area (Å²) in [6.45, 7) is 14.1. The van der Waals surface area contributed by atoms with E-state index in [1.807, 2.05) is 28.0 Å². The zero-order valence-electron chi connectivity index (χ0n) is 28.8. The van der Waals surface area contributed by atoms with E-state index in [-0.39, 0.29) is 24.1 Å². The number of hydrogen-bond acceptors (Lipinski definition) is 7. The van der Waals surface area contributed by atoms with Gasteiger partial charge in [0.25, 0.3) is 0 Å². The first-order chi connectivity index (χ1) is 20.9. The lowest BCUT2D eigenvalue weighted by atomic mass is 9.93. The third-order valence-corrected chi connectivity index (χ3v) is 8.63. The molecule has 2 fully saturated rings. The number of halogens is 1. The molecule has 9 nitrogen and oxygen atoms in total. The molecule has 1 saturated heterocycles. The van der Waals surface area contributed by atoms with Gasteiger partial charge in [0.15, 0.2) is 0 Å². The summed E-state index contributed by atoms with van der Waals surface area (Å²) in [5, 5.41) is 14.0. The van der Waals surface area contributed by atoms with Crippen molar-refractivity contribution in [1.82, 2.24) is 15.5 Å². The molecule has 6 unspecified atom stereocenters. The number of amides is 1. The van der Waals surface area contributed by atoms with Gasteiger partial charge < -0.3 is 34.9 Å². The third kappa shape index (κ3) is 13.7. The Morgan fingerprint density at radius 1 is 1.16 bits per heavy atom. The van der Waals surface area contributed by atoms with Crippen molar-refractivity contribution in [3.8, 4) is 0 Å². The second-order valence-electron chi connectivity index (χ2n) is 12.0. The Kier molecular flexibility index (Phi) is 21.0. The van der Waals surface area contributed by atoms with Crippen LogP contribution in [0.4, 0.5) is 4.39 Å². The first-order valence-electron chi connectivity index (χ1n) is 16.0. The lowest BCUT2D eigenvalue weighted by Crippen LogP contribution is -2.43. The molecule has 254 valence electrons. The average Bonchev–Trinajstić information content (AvgIpc) is 3.69. The molecule has 6 atom stereocenters. The summed E-state index contributed by atoms with van der Waals surface area (Å²) in [7, 11) is 7.68. The number of ether oxygens (including phenoxy) is 2. The Hall–Kier alpha value is -2.40. The highest BCUT2D eigenvalue weighted by Crippen LogP contribution is 2.55. The largest absolute Gasteiger partial charge is 0.480 e. The van der Waals surface area contributed by atoms with Crippen LogP contribution in [0.5, 0.6) is 0 Å². The SMILES string of the molecule is CC.CCC(C)C(NC)C(CC=O)OC.COC(C(C)C)C1CC2(CC2)CN1C.O=CNC(Cc1ccccc1F)C(=O)O. The number of rotatable bonds is 15. The Morgan fingerprint density at radius 2 is 1.77 bits per heavy atom. The van der Waals surface area contributed by atoms with Gasteiger partial charge in [0.1, 0.15) is 18.1 Å². The summed E-state index contributed by atoms with van der Waals surface area (Å²) < 4.78 is 24.1.